The van der Waals surface area contributed by atoms with Crippen LogP contribution >= 0.6 is 11.6 Å². The summed E-state index contributed by atoms with van der Waals surface area (Å²) in [5.74, 6) is 0. The van der Waals surface area contributed by atoms with Crippen molar-refractivity contribution < 1.29 is 4.74 Å². The number of nitrogens with one attached hydrogen (secondary N) is 1. The Bertz CT molecular complexity index is 326. The highest BCUT2D eigenvalue weighted by molar-refractivity contribution is 6.31. The van der Waals surface area contributed by atoms with Gasteiger partial charge in [0, 0.05) is 17.6 Å². The molecular weight excluding hydrogens is 222 g/mol. The highest BCUT2D eigenvalue weighted by Gasteiger charge is 2.00. The van der Waals surface area contributed by atoms with Crippen molar-refractivity contribution in [3.05, 3.63) is 34.3 Å². The molecule has 2 nitrogen and oxygen atoms in total. The van der Waals surface area contributed by atoms with Gasteiger partial charge < -0.3 is 10.1 Å². The zero-order chi connectivity index (χ0) is 12.0. The van der Waals surface area contributed by atoms with Crippen molar-refractivity contribution in [3.8, 4) is 0 Å². The van der Waals surface area contributed by atoms with E-state index in [1.54, 1.807) is 0 Å². The second-order valence-electron chi connectivity index (χ2n) is 4.26. The molecule has 0 saturated heterocycles. The van der Waals surface area contributed by atoms with E-state index in [0.29, 0.717) is 19.3 Å². The lowest BCUT2D eigenvalue weighted by Gasteiger charge is -2.09. The summed E-state index contributed by atoms with van der Waals surface area (Å²) < 4.78 is 5.54. The van der Waals surface area contributed by atoms with Crippen molar-refractivity contribution in [3.63, 3.8) is 0 Å². The first-order valence-electron chi connectivity index (χ1n) is 5.65. The second kappa shape index (κ2) is 6.89. The highest BCUT2D eigenvalue weighted by atomic mass is 35.5. The Morgan fingerprint density at radius 1 is 1.38 bits per heavy atom. The Labute approximate surface area is 103 Å². The van der Waals surface area contributed by atoms with E-state index >= 15 is 0 Å². The Morgan fingerprint density at radius 3 is 2.75 bits per heavy atom. The molecule has 1 aromatic carbocycles. The minimum atomic E-state index is 0.506. The molecular formula is C13H20ClNO. The summed E-state index contributed by atoms with van der Waals surface area (Å²) in [7, 11) is 0. The van der Waals surface area contributed by atoms with Crippen molar-refractivity contribution in [1.29, 1.82) is 0 Å². The first kappa shape index (κ1) is 13.5. The van der Waals surface area contributed by atoms with E-state index in [-0.39, 0.29) is 0 Å². The van der Waals surface area contributed by atoms with Crippen LogP contribution < -0.4 is 5.32 Å². The summed E-state index contributed by atoms with van der Waals surface area (Å²) in [6.45, 7) is 8.44. The lowest BCUT2D eigenvalue weighted by molar-refractivity contribution is 0.121. The third kappa shape index (κ3) is 4.97. The molecule has 0 aliphatic heterocycles. The summed E-state index contributed by atoms with van der Waals surface area (Å²) >= 11 is 6.10. The van der Waals surface area contributed by atoms with Crippen LogP contribution in [-0.4, -0.2) is 19.2 Å². The molecule has 1 N–H and O–H groups in total. The standard InChI is InChI=1S/C13H20ClNO/c1-10(2)15-6-7-16-9-12-5-4-11(3)8-13(12)14/h4-5,8,10,15H,6-7,9H2,1-3H3. The van der Waals surface area contributed by atoms with Crippen molar-refractivity contribution in [1.82, 2.24) is 5.32 Å². The lowest BCUT2D eigenvalue weighted by Crippen LogP contribution is -2.26. The fourth-order valence-electron chi connectivity index (χ4n) is 1.37. The van der Waals surface area contributed by atoms with Crippen LogP contribution in [0.2, 0.25) is 5.02 Å². The van der Waals surface area contributed by atoms with Gasteiger partial charge in [0.15, 0.2) is 0 Å². The molecule has 0 aliphatic carbocycles. The minimum absolute atomic E-state index is 0.506. The number of aryl methyl sites for hydroxylation is 1. The Hall–Kier alpha value is -0.570. The minimum Gasteiger partial charge on any atom is -0.375 e. The van der Waals surface area contributed by atoms with E-state index in [1.165, 1.54) is 5.56 Å². The monoisotopic (exact) mass is 241 g/mol. The molecule has 3 heteroatoms. The summed E-state index contributed by atoms with van der Waals surface area (Å²) in [5, 5.41) is 4.09. The van der Waals surface area contributed by atoms with Crippen LogP contribution in [0.4, 0.5) is 0 Å². The van der Waals surface area contributed by atoms with Crippen LogP contribution in [0, 0.1) is 6.92 Å². The largest absolute Gasteiger partial charge is 0.375 e. The summed E-state index contributed by atoms with van der Waals surface area (Å²) in [4.78, 5) is 0. The predicted molar refractivity (Wildman–Crippen MR) is 69.0 cm³/mol. The SMILES string of the molecule is Cc1ccc(COCCNC(C)C)c(Cl)c1. The molecule has 0 fully saturated rings. The molecule has 0 heterocycles. The molecule has 0 radical (unpaired) electrons. The molecule has 0 atom stereocenters. The quantitative estimate of drug-likeness (QED) is 0.773. The lowest BCUT2D eigenvalue weighted by atomic mass is 10.2. The van der Waals surface area contributed by atoms with Gasteiger partial charge in [0.2, 0.25) is 0 Å². The smallest absolute Gasteiger partial charge is 0.0731 e. The van der Waals surface area contributed by atoms with Gasteiger partial charge in [-0.25, -0.2) is 0 Å². The molecule has 0 saturated carbocycles. The summed E-state index contributed by atoms with van der Waals surface area (Å²) in [6.07, 6.45) is 0. The molecule has 1 rings (SSSR count). The van der Waals surface area contributed by atoms with E-state index in [2.05, 4.69) is 25.2 Å². The number of rotatable bonds is 6. The zero-order valence-electron chi connectivity index (χ0n) is 10.2. The number of hydrogen-bond acceptors (Lipinski definition) is 2. The number of ether oxygens (including phenoxy) is 1. The Balaban J connectivity index is 2.27. The van der Waals surface area contributed by atoms with E-state index < -0.39 is 0 Å². The van der Waals surface area contributed by atoms with Gasteiger partial charge >= 0.3 is 0 Å². The second-order valence-corrected chi connectivity index (χ2v) is 4.66. The molecule has 0 bridgehead atoms. The fourth-order valence-corrected chi connectivity index (χ4v) is 1.66. The van der Waals surface area contributed by atoms with Crippen LogP contribution in [0.3, 0.4) is 0 Å². The van der Waals surface area contributed by atoms with Gasteiger partial charge in [-0.3, -0.25) is 0 Å². The number of hydrogen-bond donors (Lipinski definition) is 1. The first-order valence-corrected chi connectivity index (χ1v) is 6.03. The maximum Gasteiger partial charge on any atom is 0.0731 e. The topological polar surface area (TPSA) is 21.3 Å². The third-order valence-electron chi connectivity index (χ3n) is 2.27. The number of benzene rings is 1. The molecule has 0 spiro atoms. The van der Waals surface area contributed by atoms with Crippen LogP contribution in [0.1, 0.15) is 25.0 Å². The maximum atomic E-state index is 6.10. The third-order valence-corrected chi connectivity index (χ3v) is 2.62. The van der Waals surface area contributed by atoms with Crippen molar-refractivity contribution in [2.24, 2.45) is 0 Å². The van der Waals surface area contributed by atoms with Crippen LogP contribution in [0.5, 0.6) is 0 Å². The van der Waals surface area contributed by atoms with Crippen LogP contribution in [0.25, 0.3) is 0 Å². The Morgan fingerprint density at radius 2 is 2.12 bits per heavy atom. The van der Waals surface area contributed by atoms with E-state index in [4.69, 9.17) is 16.3 Å². The molecule has 16 heavy (non-hydrogen) atoms. The first-order chi connectivity index (χ1) is 7.59. The predicted octanol–water partition coefficient (Wildman–Crippen LogP) is 3.16. The van der Waals surface area contributed by atoms with E-state index in [0.717, 1.165) is 17.1 Å². The van der Waals surface area contributed by atoms with Crippen molar-refractivity contribution >= 4 is 11.6 Å². The van der Waals surface area contributed by atoms with Gasteiger partial charge in [-0.1, -0.05) is 37.6 Å². The summed E-state index contributed by atoms with van der Waals surface area (Å²) in [6, 6.07) is 6.54. The normalized spacial score (nSPS) is 11.1. The summed E-state index contributed by atoms with van der Waals surface area (Å²) in [5.41, 5.74) is 2.23. The van der Waals surface area contributed by atoms with E-state index in [9.17, 15) is 0 Å². The molecule has 90 valence electrons. The average molecular weight is 242 g/mol. The van der Waals surface area contributed by atoms with Gasteiger partial charge in [0.1, 0.15) is 0 Å². The van der Waals surface area contributed by atoms with Crippen molar-refractivity contribution in [2.45, 2.75) is 33.4 Å². The van der Waals surface area contributed by atoms with Gasteiger partial charge in [-0.2, -0.15) is 0 Å². The fraction of sp³-hybridized carbons (Fsp3) is 0.538. The van der Waals surface area contributed by atoms with E-state index in [1.807, 2.05) is 19.1 Å². The van der Waals surface area contributed by atoms with Gasteiger partial charge in [0.05, 0.1) is 13.2 Å². The molecule has 0 unspecified atom stereocenters. The molecule has 1 aromatic rings. The molecule has 0 aromatic heterocycles. The molecule has 0 amide bonds. The van der Waals surface area contributed by atoms with Crippen LogP contribution in [0.15, 0.2) is 18.2 Å². The van der Waals surface area contributed by atoms with Gasteiger partial charge in [-0.05, 0) is 24.1 Å². The number of halogens is 1. The van der Waals surface area contributed by atoms with Crippen molar-refractivity contribution in [2.75, 3.05) is 13.2 Å². The van der Waals surface area contributed by atoms with Gasteiger partial charge in [-0.15, -0.1) is 0 Å². The highest BCUT2D eigenvalue weighted by Crippen LogP contribution is 2.18. The molecule has 0 aliphatic rings. The Kier molecular flexibility index (Phi) is 5.81. The zero-order valence-corrected chi connectivity index (χ0v) is 11.0. The van der Waals surface area contributed by atoms with Crippen LogP contribution in [-0.2, 0) is 11.3 Å². The van der Waals surface area contributed by atoms with Gasteiger partial charge in [0.25, 0.3) is 0 Å². The maximum absolute atomic E-state index is 6.10. The average Bonchev–Trinajstić information content (AvgIpc) is 2.20.